The molecule has 2 aliphatic heterocycles. The second-order valence-electron chi connectivity index (χ2n) is 5.45. The van der Waals surface area contributed by atoms with Crippen LogP contribution in [0, 0.1) is 0 Å². The molecule has 1 saturated heterocycles. The van der Waals surface area contributed by atoms with Gasteiger partial charge in [-0.1, -0.05) is 37.3 Å². The highest BCUT2D eigenvalue weighted by atomic mass is 16.5. The van der Waals surface area contributed by atoms with Crippen LogP contribution in [0.3, 0.4) is 0 Å². The van der Waals surface area contributed by atoms with Crippen molar-refractivity contribution >= 4 is 5.57 Å². The molecule has 0 aromatic heterocycles. The number of para-hydroxylation sites is 1. The summed E-state index contributed by atoms with van der Waals surface area (Å²) >= 11 is 0. The lowest BCUT2D eigenvalue weighted by Crippen LogP contribution is -2.31. The average Bonchev–Trinajstić information content (AvgIpc) is 2.83. The van der Waals surface area contributed by atoms with Crippen molar-refractivity contribution in [1.82, 2.24) is 4.90 Å². The maximum atomic E-state index is 5.68. The number of fused-ring (bicyclic) bond motifs is 1. The van der Waals surface area contributed by atoms with E-state index < -0.39 is 0 Å². The number of piperidine rings is 1. The van der Waals surface area contributed by atoms with E-state index in [9.17, 15) is 0 Å². The Kier molecular flexibility index (Phi) is 3.69. The first-order valence-electron chi connectivity index (χ1n) is 7.16. The fourth-order valence-corrected chi connectivity index (χ4v) is 2.91. The summed E-state index contributed by atoms with van der Waals surface area (Å²) in [6.45, 7) is 8.32. The Morgan fingerprint density at radius 2 is 2.00 bits per heavy atom. The van der Waals surface area contributed by atoms with Crippen LogP contribution in [0.2, 0.25) is 0 Å². The highest BCUT2D eigenvalue weighted by Gasteiger charge is 2.17. The summed E-state index contributed by atoms with van der Waals surface area (Å²) in [7, 11) is 0. The first kappa shape index (κ1) is 12.5. The van der Waals surface area contributed by atoms with Gasteiger partial charge in [-0.2, -0.15) is 0 Å². The van der Waals surface area contributed by atoms with Crippen LogP contribution >= 0.6 is 0 Å². The average molecular weight is 255 g/mol. The van der Waals surface area contributed by atoms with Crippen LogP contribution in [0.4, 0.5) is 0 Å². The number of nitrogens with zero attached hydrogens (tertiary/aromatic N) is 1. The maximum Gasteiger partial charge on any atom is 0.127 e. The number of benzene rings is 1. The lowest BCUT2D eigenvalue weighted by atomic mass is 10.0. The Labute approximate surface area is 115 Å². The summed E-state index contributed by atoms with van der Waals surface area (Å²) in [4.78, 5) is 2.50. The summed E-state index contributed by atoms with van der Waals surface area (Å²) in [5, 5.41) is 0. The molecule has 0 bridgehead atoms. The SMILES string of the molecule is C=C(C=C1COc2ccccc21)CN1CCCCC1. The third kappa shape index (κ3) is 2.90. The summed E-state index contributed by atoms with van der Waals surface area (Å²) < 4.78 is 5.68. The third-order valence-electron chi connectivity index (χ3n) is 3.87. The number of hydrogen-bond donors (Lipinski definition) is 0. The van der Waals surface area contributed by atoms with Gasteiger partial charge < -0.3 is 4.74 Å². The summed E-state index contributed by atoms with van der Waals surface area (Å²) in [5.41, 5.74) is 3.68. The third-order valence-corrected chi connectivity index (χ3v) is 3.87. The van der Waals surface area contributed by atoms with Crippen molar-refractivity contribution < 1.29 is 4.74 Å². The highest BCUT2D eigenvalue weighted by Crippen LogP contribution is 2.33. The molecule has 0 spiro atoms. The Bertz CT molecular complexity index is 498. The van der Waals surface area contributed by atoms with E-state index in [2.05, 4.69) is 29.7 Å². The van der Waals surface area contributed by atoms with Gasteiger partial charge >= 0.3 is 0 Å². The van der Waals surface area contributed by atoms with E-state index in [1.54, 1.807) is 0 Å². The van der Waals surface area contributed by atoms with Crippen LogP contribution < -0.4 is 4.74 Å². The van der Waals surface area contributed by atoms with E-state index in [0.717, 1.165) is 12.3 Å². The minimum Gasteiger partial charge on any atom is -0.488 e. The predicted octanol–water partition coefficient (Wildman–Crippen LogP) is 3.50. The van der Waals surface area contributed by atoms with Gasteiger partial charge in [0.05, 0.1) is 0 Å². The molecule has 0 unspecified atom stereocenters. The lowest BCUT2D eigenvalue weighted by Gasteiger charge is -2.26. The van der Waals surface area contributed by atoms with Crippen molar-refractivity contribution in [2.24, 2.45) is 0 Å². The molecule has 0 radical (unpaired) electrons. The minimum atomic E-state index is 0.679. The number of ether oxygens (including phenoxy) is 1. The van der Waals surface area contributed by atoms with E-state index >= 15 is 0 Å². The molecule has 0 aliphatic carbocycles. The molecule has 2 heterocycles. The smallest absolute Gasteiger partial charge is 0.127 e. The molecule has 2 heteroatoms. The highest BCUT2D eigenvalue weighted by molar-refractivity contribution is 5.76. The van der Waals surface area contributed by atoms with Gasteiger partial charge in [-0.25, -0.2) is 0 Å². The minimum absolute atomic E-state index is 0.679. The van der Waals surface area contributed by atoms with Crippen molar-refractivity contribution in [3.8, 4) is 5.75 Å². The van der Waals surface area contributed by atoms with E-state index in [4.69, 9.17) is 4.74 Å². The van der Waals surface area contributed by atoms with Crippen LogP contribution in [0.15, 0.2) is 42.5 Å². The number of rotatable bonds is 3. The van der Waals surface area contributed by atoms with E-state index in [1.165, 1.54) is 49.1 Å². The monoisotopic (exact) mass is 255 g/mol. The van der Waals surface area contributed by atoms with Crippen LogP contribution in [0.1, 0.15) is 24.8 Å². The zero-order valence-corrected chi connectivity index (χ0v) is 11.4. The van der Waals surface area contributed by atoms with Crippen molar-refractivity contribution in [3.05, 3.63) is 48.1 Å². The van der Waals surface area contributed by atoms with Gasteiger partial charge in [0.2, 0.25) is 0 Å². The molecule has 0 N–H and O–H groups in total. The van der Waals surface area contributed by atoms with Crippen LogP contribution in [-0.2, 0) is 0 Å². The second-order valence-corrected chi connectivity index (χ2v) is 5.45. The molecule has 0 saturated carbocycles. The standard InChI is InChI=1S/C17H21NO/c1-14(12-18-9-5-2-6-10-18)11-15-13-19-17-8-4-3-7-16(15)17/h3-4,7-8,11H,1-2,5-6,9-10,12-13H2. The molecule has 19 heavy (non-hydrogen) atoms. The maximum absolute atomic E-state index is 5.68. The Balaban J connectivity index is 1.67. The van der Waals surface area contributed by atoms with Crippen molar-refractivity contribution in [1.29, 1.82) is 0 Å². The second kappa shape index (κ2) is 5.62. The topological polar surface area (TPSA) is 12.5 Å². The summed E-state index contributed by atoms with van der Waals surface area (Å²) in [6, 6.07) is 8.24. The Morgan fingerprint density at radius 3 is 2.84 bits per heavy atom. The number of hydrogen-bond acceptors (Lipinski definition) is 2. The van der Waals surface area contributed by atoms with Crippen molar-refractivity contribution in [2.75, 3.05) is 26.2 Å². The molecule has 0 amide bonds. The zero-order valence-electron chi connectivity index (χ0n) is 11.4. The summed E-state index contributed by atoms with van der Waals surface area (Å²) in [6.07, 6.45) is 6.25. The van der Waals surface area contributed by atoms with Gasteiger partial charge in [0.25, 0.3) is 0 Å². The zero-order chi connectivity index (χ0) is 13.1. The van der Waals surface area contributed by atoms with E-state index in [1.807, 2.05) is 12.1 Å². The van der Waals surface area contributed by atoms with Gasteiger partial charge in [-0.3, -0.25) is 4.90 Å². The van der Waals surface area contributed by atoms with Gasteiger partial charge in [-0.05, 0) is 37.6 Å². The van der Waals surface area contributed by atoms with Gasteiger partial charge in [0.15, 0.2) is 0 Å². The molecular weight excluding hydrogens is 234 g/mol. The van der Waals surface area contributed by atoms with Crippen LogP contribution in [0.5, 0.6) is 5.75 Å². The fraction of sp³-hybridized carbons (Fsp3) is 0.412. The lowest BCUT2D eigenvalue weighted by molar-refractivity contribution is 0.248. The molecule has 1 aromatic carbocycles. The van der Waals surface area contributed by atoms with Crippen molar-refractivity contribution in [3.63, 3.8) is 0 Å². The Morgan fingerprint density at radius 1 is 1.21 bits per heavy atom. The molecule has 100 valence electrons. The van der Waals surface area contributed by atoms with E-state index in [0.29, 0.717) is 6.61 Å². The first-order valence-corrected chi connectivity index (χ1v) is 7.16. The molecular formula is C17H21NO. The van der Waals surface area contributed by atoms with Crippen molar-refractivity contribution in [2.45, 2.75) is 19.3 Å². The van der Waals surface area contributed by atoms with Gasteiger partial charge in [0.1, 0.15) is 12.4 Å². The fourth-order valence-electron chi connectivity index (χ4n) is 2.91. The van der Waals surface area contributed by atoms with Gasteiger partial charge in [-0.15, -0.1) is 0 Å². The largest absolute Gasteiger partial charge is 0.488 e. The number of likely N-dealkylation sites (tertiary alicyclic amines) is 1. The Hall–Kier alpha value is -1.54. The van der Waals surface area contributed by atoms with Crippen LogP contribution in [0.25, 0.3) is 5.57 Å². The normalized spacial score (nSPS) is 21.2. The van der Waals surface area contributed by atoms with Gasteiger partial charge in [0, 0.05) is 17.7 Å². The summed E-state index contributed by atoms with van der Waals surface area (Å²) in [5.74, 6) is 1.000. The predicted molar refractivity (Wildman–Crippen MR) is 79.3 cm³/mol. The molecule has 3 rings (SSSR count). The molecule has 2 aliphatic rings. The molecule has 1 fully saturated rings. The molecule has 1 aromatic rings. The first-order chi connectivity index (χ1) is 9.33. The van der Waals surface area contributed by atoms with Crippen LogP contribution in [-0.4, -0.2) is 31.1 Å². The quantitative estimate of drug-likeness (QED) is 0.819. The molecule has 2 nitrogen and oxygen atoms in total. The molecule has 0 atom stereocenters. The van der Waals surface area contributed by atoms with E-state index in [-0.39, 0.29) is 0 Å².